The first-order valence-corrected chi connectivity index (χ1v) is 8.55. The van der Waals surface area contributed by atoms with Gasteiger partial charge in [-0.2, -0.15) is 0 Å². The van der Waals surface area contributed by atoms with Crippen LogP contribution in [0.15, 0.2) is 23.0 Å². The molecule has 1 amide bonds. The van der Waals surface area contributed by atoms with E-state index >= 15 is 0 Å². The highest BCUT2D eigenvalue weighted by atomic mass is 35.5. The number of aromatic nitrogens is 2. The summed E-state index contributed by atoms with van der Waals surface area (Å²) >= 11 is 6.00. The van der Waals surface area contributed by atoms with Crippen LogP contribution in [0.2, 0.25) is 5.02 Å². The van der Waals surface area contributed by atoms with Crippen molar-refractivity contribution in [2.45, 2.75) is 44.1 Å². The number of hydrogen-bond acceptors (Lipinski definition) is 3. The van der Waals surface area contributed by atoms with Crippen molar-refractivity contribution in [3.63, 3.8) is 0 Å². The minimum Gasteiger partial charge on any atom is -0.506 e. The molecule has 1 unspecified atom stereocenters. The van der Waals surface area contributed by atoms with Crippen molar-refractivity contribution in [2.24, 2.45) is 0 Å². The highest BCUT2D eigenvalue weighted by Gasteiger charge is 2.34. The molecule has 3 N–H and O–H groups in total. The molecule has 1 aromatic heterocycles. The second-order valence-electron chi connectivity index (χ2n) is 6.53. The van der Waals surface area contributed by atoms with Crippen LogP contribution in [-0.4, -0.2) is 20.8 Å². The Bertz CT molecular complexity index is 864. The van der Waals surface area contributed by atoms with Crippen molar-refractivity contribution in [3.8, 4) is 5.75 Å². The van der Waals surface area contributed by atoms with Crippen LogP contribution in [0.4, 0.5) is 5.82 Å². The molecule has 2 aliphatic rings. The van der Waals surface area contributed by atoms with Crippen LogP contribution in [0, 0.1) is 0 Å². The summed E-state index contributed by atoms with van der Waals surface area (Å²) < 4.78 is 1.83. The number of H-pyrrole nitrogens is 1. The number of amides is 1. The molecule has 2 aromatic rings. The van der Waals surface area contributed by atoms with Crippen molar-refractivity contribution in [2.75, 3.05) is 5.32 Å². The van der Waals surface area contributed by atoms with Crippen LogP contribution in [0.3, 0.4) is 0 Å². The van der Waals surface area contributed by atoms with E-state index < -0.39 is 0 Å². The Morgan fingerprint density at radius 3 is 2.67 bits per heavy atom. The molecule has 4 rings (SSSR count). The van der Waals surface area contributed by atoms with Gasteiger partial charge in [0.2, 0.25) is 5.91 Å². The Labute approximate surface area is 143 Å². The number of anilines is 1. The molecule has 0 saturated heterocycles. The molecule has 6 nitrogen and oxygen atoms in total. The van der Waals surface area contributed by atoms with Gasteiger partial charge >= 0.3 is 0 Å². The second kappa shape index (κ2) is 5.70. The number of phenols is 1. The second-order valence-corrected chi connectivity index (χ2v) is 6.93. The van der Waals surface area contributed by atoms with Gasteiger partial charge in [0.25, 0.3) is 5.56 Å². The van der Waals surface area contributed by atoms with E-state index in [1.54, 1.807) is 12.1 Å². The zero-order valence-corrected chi connectivity index (χ0v) is 13.8. The zero-order valence-electron chi connectivity index (χ0n) is 13.0. The molecule has 126 valence electrons. The van der Waals surface area contributed by atoms with Gasteiger partial charge < -0.3 is 10.4 Å². The average Bonchev–Trinajstić information content (AvgIpc) is 3.17. The Kier molecular flexibility index (Phi) is 3.64. The van der Waals surface area contributed by atoms with Gasteiger partial charge in [-0.1, -0.05) is 30.5 Å². The topological polar surface area (TPSA) is 87.1 Å². The molecule has 24 heavy (non-hydrogen) atoms. The van der Waals surface area contributed by atoms with E-state index in [0.29, 0.717) is 11.4 Å². The van der Waals surface area contributed by atoms with Gasteiger partial charge in [-0.3, -0.25) is 19.4 Å². The van der Waals surface area contributed by atoms with Gasteiger partial charge in [0.15, 0.2) is 0 Å². The number of phenolic OH excluding ortho intramolecular Hbond substituents is 1. The number of rotatable bonds is 2. The number of fused-ring (bicyclic) bond motifs is 1. The van der Waals surface area contributed by atoms with E-state index in [1.807, 2.05) is 4.68 Å². The molecule has 0 spiro atoms. The van der Waals surface area contributed by atoms with Gasteiger partial charge in [0.1, 0.15) is 11.6 Å². The lowest BCUT2D eigenvalue weighted by Crippen LogP contribution is -2.27. The summed E-state index contributed by atoms with van der Waals surface area (Å²) in [6.45, 7) is 0. The maximum absolute atomic E-state index is 12.6. The molecule has 1 atom stereocenters. The van der Waals surface area contributed by atoms with Gasteiger partial charge in [0.05, 0.1) is 16.6 Å². The first-order chi connectivity index (χ1) is 11.5. The van der Waals surface area contributed by atoms with Crippen LogP contribution in [0.1, 0.15) is 55.2 Å². The summed E-state index contributed by atoms with van der Waals surface area (Å²) in [6, 6.07) is 5.05. The van der Waals surface area contributed by atoms with E-state index in [2.05, 4.69) is 10.4 Å². The zero-order chi connectivity index (χ0) is 16.8. The molecule has 1 fully saturated rings. The van der Waals surface area contributed by atoms with E-state index in [1.165, 1.54) is 6.07 Å². The van der Waals surface area contributed by atoms with Crippen LogP contribution in [0.25, 0.3) is 0 Å². The fourth-order valence-corrected chi connectivity index (χ4v) is 4.03. The lowest BCUT2D eigenvalue weighted by Gasteiger charge is -2.25. The van der Waals surface area contributed by atoms with Crippen LogP contribution in [0.5, 0.6) is 5.75 Å². The van der Waals surface area contributed by atoms with Crippen LogP contribution in [-0.2, 0) is 4.79 Å². The number of aromatic amines is 1. The maximum atomic E-state index is 12.6. The summed E-state index contributed by atoms with van der Waals surface area (Å²) in [5.41, 5.74) is 1.15. The number of aromatic hydroxyl groups is 1. The number of carbonyl (C=O) groups is 1. The Morgan fingerprint density at radius 2 is 1.96 bits per heavy atom. The fraction of sp³-hybridized carbons (Fsp3) is 0.412. The standard InChI is InChI=1S/C17H18ClN3O3/c18-12-7-9(5-6-13(12)22)11-8-14(23)19-16-15(11)17(24)20-21(16)10-3-1-2-4-10/h5-7,10-11,22H,1-4,8H2,(H,19,23)(H,20,24). The lowest BCUT2D eigenvalue weighted by molar-refractivity contribution is -0.116. The molecule has 0 radical (unpaired) electrons. The Hall–Kier alpha value is -2.21. The number of nitrogens with one attached hydrogen (secondary N) is 2. The first-order valence-electron chi connectivity index (χ1n) is 8.17. The highest BCUT2D eigenvalue weighted by Crippen LogP contribution is 2.40. The largest absolute Gasteiger partial charge is 0.506 e. The number of benzene rings is 1. The maximum Gasteiger partial charge on any atom is 0.270 e. The van der Waals surface area contributed by atoms with Gasteiger partial charge in [-0.15, -0.1) is 0 Å². The van der Waals surface area contributed by atoms with E-state index in [4.69, 9.17) is 11.6 Å². The third-order valence-corrected chi connectivity index (χ3v) is 5.33. The predicted molar refractivity (Wildman–Crippen MR) is 90.8 cm³/mol. The SMILES string of the molecule is O=C1CC(c2ccc(O)c(Cl)c2)c2c(n(C3CCCC3)[nH]c2=O)N1. The van der Waals surface area contributed by atoms with Crippen molar-refractivity contribution in [1.29, 1.82) is 0 Å². The lowest BCUT2D eigenvalue weighted by atomic mass is 9.87. The number of nitrogens with zero attached hydrogens (tertiary/aromatic N) is 1. The predicted octanol–water partition coefficient (Wildman–Crippen LogP) is 3.12. The van der Waals surface area contributed by atoms with E-state index in [9.17, 15) is 14.7 Å². The molecule has 1 aliphatic carbocycles. The monoisotopic (exact) mass is 347 g/mol. The fourth-order valence-electron chi connectivity index (χ4n) is 3.84. The first kappa shape index (κ1) is 15.3. The van der Waals surface area contributed by atoms with Crippen molar-refractivity contribution in [1.82, 2.24) is 9.78 Å². The molecular weight excluding hydrogens is 330 g/mol. The summed E-state index contributed by atoms with van der Waals surface area (Å²) in [6.07, 6.45) is 4.45. The smallest absolute Gasteiger partial charge is 0.270 e. The van der Waals surface area contributed by atoms with Crippen molar-refractivity contribution >= 4 is 23.3 Å². The molecule has 7 heteroatoms. The minimum atomic E-state index is -0.363. The Morgan fingerprint density at radius 1 is 1.21 bits per heavy atom. The van der Waals surface area contributed by atoms with Crippen molar-refractivity contribution < 1.29 is 9.90 Å². The quantitative estimate of drug-likeness (QED) is 0.780. The average molecular weight is 348 g/mol. The van der Waals surface area contributed by atoms with Gasteiger partial charge in [-0.25, -0.2) is 0 Å². The minimum absolute atomic E-state index is 0.0154. The number of carbonyl (C=O) groups excluding carboxylic acids is 1. The third-order valence-electron chi connectivity index (χ3n) is 5.02. The molecule has 1 aromatic carbocycles. The van der Waals surface area contributed by atoms with Crippen LogP contribution < -0.4 is 10.9 Å². The molecule has 1 saturated carbocycles. The Balaban J connectivity index is 1.83. The number of hydrogen-bond donors (Lipinski definition) is 3. The molecule has 1 aliphatic heterocycles. The summed E-state index contributed by atoms with van der Waals surface area (Å²) in [7, 11) is 0. The molecule has 2 heterocycles. The number of halogens is 1. The third kappa shape index (κ3) is 2.41. The van der Waals surface area contributed by atoms with E-state index in [0.717, 1.165) is 31.2 Å². The summed E-state index contributed by atoms with van der Waals surface area (Å²) in [5.74, 6) is 0.0800. The summed E-state index contributed by atoms with van der Waals surface area (Å²) in [4.78, 5) is 24.8. The highest BCUT2D eigenvalue weighted by molar-refractivity contribution is 6.32. The van der Waals surface area contributed by atoms with Gasteiger partial charge in [-0.05, 0) is 30.5 Å². The normalized spacial score (nSPS) is 20.9. The molecular formula is C17H18ClN3O3. The van der Waals surface area contributed by atoms with Crippen LogP contribution >= 0.6 is 11.6 Å². The van der Waals surface area contributed by atoms with Gasteiger partial charge in [0, 0.05) is 12.3 Å². The summed E-state index contributed by atoms with van der Waals surface area (Å²) in [5, 5.41) is 15.6. The molecule has 0 bridgehead atoms. The van der Waals surface area contributed by atoms with Crippen molar-refractivity contribution in [3.05, 3.63) is 44.7 Å². The van der Waals surface area contributed by atoms with E-state index in [-0.39, 0.29) is 40.6 Å².